The number of rotatable bonds is 4. The van der Waals surface area contributed by atoms with Crippen LogP contribution in [-0.4, -0.2) is 19.9 Å². The molecule has 9 aromatic carbocycles. The third-order valence-corrected chi connectivity index (χ3v) is 10.7. The second-order valence-corrected chi connectivity index (χ2v) is 13.9. The fourth-order valence-electron chi connectivity index (χ4n) is 8.00. The SMILES string of the molecule is c1ccc(-c2nc(-c3ccc4ccc(-c5ccc6c7ccccc7c7ccccc7c6c5)cc4c3)nc(-c3ccc4c(ccc5ccccc54)n3)n2)cc1. The highest BCUT2D eigenvalue weighted by molar-refractivity contribution is 6.25. The zero-order valence-electron chi connectivity index (χ0n) is 29.1. The van der Waals surface area contributed by atoms with Crippen molar-refractivity contribution in [3.8, 4) is 45.4 Å². The largest absolute Gasteiger partial charge is 0.244 e. The quantitative estimate of drug-likeness (QED) is 0.173. The lowest BCUT2D eigenvalue weighted by Gasteiger charge is -2.12. The van der Waals surface area contributed by atoms with Crippen LogP contribution in [0.3, 0.4) is 0 Å². The van der Waals surface area contributed by atoms with Crippen LogP contribution < -0.4 is 0 Å². The fourth-order valence-corrected chi connectivity index (χ4v) is 8.00. The summed E-state index contributed by atoms with van der Waals surface area (Å²) in [4.78, 5) is 20.1. The fraction of sp³-hybridized carbons (Fsp3) is 0. The zero-order valence-corrected chi connectivity index (χ0v) is 29.1. The topological polar surface area (TPSA) is 51.6 Å². The van der Waals surface area contributed by atoms with E-state index < -0.39 is 0 Å². The normalized spacial score (nSPS) is 11.7. The summed E-state index contributed by atoms with van der Waals surface area (Å²) in [6.07, 6.45) is 0. The van der Waals surface area contributed by atoms with Crippen molar-refractivity contribution in [1.29, 1.82) is 0 Å². The van der Waals surface area contributed by atoms with Crippen LogP contribution in [0.15, 0.2) is 182 Å². The molecule has 11 rings (SSSR count). The Balaban J connectivity index is 1.04. The molecule has 54 heavy (non-hydrogen) atoms. The molecule has 0 aliphatic carbocycles. The van der Waals surface area contributed by atoms with E-state index in [4.69, 9.17) is 19.9 Å². The van der Waals surface area contributed by atoms with Gasteiger partial charge in [-0.1, -0.05) is 146 Å². The van der Waals surface area contributed by atoms with Gasteiger partial charge in [0.2, 0.25) is 0 Å². The van der Waals surface area contributed by atoms with Crippen molar-refractivity contribution >= 4 is 64.8 Å². The number of nitrogens with zero attached hydrogens (tertiary/aromatic N) is 4. The van der Waals surface area contributed by atoms with Gasteiger partial charge in [0.05, 0.1) is 5.52 Å². The van der Waals surface area contributed by atoms with Crippen molar-refractivity contribution in [2.24, 2.45) is 0 Å². The Bertz CT molecular complexity index is 3240. The number of hydrogen-bond donors (Lipinski definition) is 0. The van der Waals surface area contributed by atoms with Gasteiger partial charge in [0, 0.05) is 16.5 Å². The molecule has 2 heterocycles. The maximum atomic E-state index is 5.06. The van der Waals surface area contributed by atoms with Crippen molar-refractivity contribution in [2.45, 2.75) is 0 Å². The van der Waals surface area contributed by atoms with Crippen molar-refractivity contribution in [3.63, 3.8) is 0 Å². The molecule has 250 valence electrons. The van der Waals surface area contributed by atoms with Gasteiger partial charge in [0.1, 0.15) is 5.69 Å². The maximum absolute atomic E-state index is 5.06. The molecule has 0 aliphatic heterocycles. The molecule has 0 spiro atoms. The summed E-state index contributed by atoms with van der Waals surface area (Å²) in [5.41, 5.74) is 5.80. The van der Waals surface area contributed by atoms with Gasteiger partial charge < -0.3 is 0 Å². The van der Waals surface area contributed by atoms with Crippen LogP contribution in [0.2, 0.25) is 0 Å². The number of hydrogen-bond acceptors (Lipinski definition) is 4. The molecule has 0 saturated heterocycles. The summed E-state index contributed by atoms with van der Waals surface area (Å²) in [6.45, 7) is 0. The molecule has 0 fully saturated rings. The van der Waals surface area contributed by atoms with Crippen LogP contribution in [0.4, 0.5) is 0 Å². The number of pyridine rings is 1. The van der Waals surface area contributed by atoms with Gasteiger partial charge in [0.25, 0.3) is 0 Å². The first-order valence-electron chi connectivity index (χ1n) is 18.2. The highest BCUT2D eigenvalue weighted by Gasteiger charge is 2.15. The van der Waals surface area contributed by atoms with E-state index in [1.807, 2.05) is 36.4 Å². The standard InChI is InChI=1S/C50H30N4/c1-2-11-33(12-3-1)48-52-49(54-50(53-48)47-27-25-44-38-13-5-4-10-32(38)23-26-46(44)51-47)36-21-19-31-18-20-34(28-37(31)29-36)35-22-24-43-41-16-7-6-14-39(41)40-15-8-9-17-42(40)45(43)30-35/h1-30H. The van der Waals surface area contributed by atoms with E-state index in [0.29, 0.717) is 23.2 Å². The highest BCUT2D eigenvalue weighted by Crippen LogP contribution is 2.38. The van der Waals surface area contributed by atoms with Crippen LogP contribution in [0.1, 0.15) is 0 Å². The number of aromatic nitrogens is 4. The summed E-state index contributed by atoms with van der Waals surface area (Å²) in [6, 6.07) is 64.3. The minimum absolute atomic E-state index is 0.540. The van der Waals surface area contributed by atoms with E-state index >= 15 is 0 Å². The molecule has 2 aromatic heterocycles. The third-order valence-electron chi connectivity index (χ3n) is 10.7. The Morgan fingerprint density at radius 2 is 0.759 bits per heavy atom. The maximum Gasteiger partial charge on any atom is 0.182 e. The number of benzene rings is 9. The monoisotopic (exact) mass is 686 g/mol. The number of fused-ring (bicyclic) bond motifs is 10. The first-order chi connectivity index (χ1) is 26.7. The lowest BCUT2D eigenvalue weighted by molar-refractivity contribution is 1.06. The third kappa shape index (κ3) is 5.00. The molecule has 4 nitrogen and oxygen atoms in total. The Labute approximate surface area is 311 Å². The predicted molar refractivity (Wildman–Crippen MR) is 224 cm³/mol. The van der Waals surface area contributed by atoms with Crippen molar-refractivity contribution in [3.05, 3.63) is 182 Å². The van der Waals surface area contributed by atoms with Gasteiger partial charge in [-0.05, 0) is 101 Å². The van der Waals surface area contributed by atoms with E-state index in [0.717, 1.165) is 38.4 Å². The Morgan fingerprint density at radius 1 is 0.241 bits per heavy atom. The van der Waals surface area contributed by atoms with Crippen molar-refractivity contribution in [1.82, 2.24) is 19.9 Å². The average molecular weight is 687 g/mol. The summed E-state index contributed by atoms with van der Waals surface area (Å²) in [5, 5.41) is 13.4. The van der Waals surface area contributed by atoms with Crippen LogP contribution in [0.5, 0.6) is 0 Å². The van der Waals surface area contributed by atoms with E-state index in [9.17, 15) is 0 Å². The van der Waals surface area contributed by atoms with E-state index in [2.05, 4.69) is 146 Å². The molecule has 4 heteroatoms. The minimum Gasteiger partial charge on any atom is -0.244 e. The smallest absolute Gasteiger partial charge is 0.182 e. The molecule has 0 unspecified atom stereocenters. The molecular weight excluding hydrogens is 657 g/mol. The summed E-state index contributed by atoms with van der Waals surface area (Å²) in [5.74, 6) is 1.76. The van der Waals surface area contributed by atoms with Gasteiger partial charge in [0.15, 0.2) is 17.5 Å². The second kappa shape index (κ2) is 12.1. The predicted octanol–water partition coefficient (Wildman–Crippen LogP) is 12.9. The van der Waals surface area contributed by atoms with Crippen LogP contribution in [0, 0.1) is 0 Å². The molecule has 11 aromatic rings. The summed E-state index contributed by atoms with van der Waals surface area (Å²) in [7, 11) is 0. The summed E-state index contributed by atoms with van der Waals surface area (Å²) >= 11 is 0. The average Bonchev–Trinajstić information content (AvgIpc) is 3.26. The van der Waals surface area contributed by atoms with Gasteiger partial charge in [-0.15, -0.1) is 0 Å². The van der Waals surface area contributed by atoms with Crippen LogP contribution in [0.25, 0.3) is 110 Å². The van der Waals surface area contributed by atoms with E-state index in [1.165, 1.54) is 48.7 Å². The Kier molecular flexibility index (Phi) is 6.82. The molecule has 0 saturated carbocycles. The second-order valence-electron chi connectivity index (χ2n) is 13.9. The van der Waals surface area contributed by atoms with Crippen LogP contribution >= 0.6 is 0 Å². The van der Waals surface area contributed by atoms with Gasteiger partial charge in [-0.3, -0.25) is 0 Å². The van der Waals surface area contributed by atoms with Gasteiger partial charge in [-0.2, -0.15) is 0 Å². The van der Waals surface area contributed by atoms with Crippen LogP contribution in [-0.2, 0) is 0 Å². The molecule has 0 N–H and O–H groups in total. The first kappa shape index (κ1) is 30.3. The summed E-state index contributed by atoms with van der Waals surface area (Å²) < 4.78 is 0. The Morgan fingerprint density at radius 3 is 1.52 bits per heavy atom. The molecule has 0 aliphatic rings. The first-order valence-corrected chi connectivity index (χ1v) is 18.2. The van der Waals surface area contributed by atoms with Crippen molar-refractivity contribution < 1.29 is 0 Å². The van der Waals surface area contributed by atoms with Crippen molar-refractivity contribution in [2.75, 3.05) is 0 Å². The minimum atomic E-state index is 0.540. The van der Waals surface area contributed by atoms with Gasteiger partial charge >= 0.3 is 0 Å². The molecule has 0 atom stereocenters. The lowest BCUT2D eigenvalue weighted by atomic mass is 9.91. The highest BCUT2D eigenvalue weighted by atomic mass is 15.0. The zero-order chi connectivity index (χ0) is 35.6. The van der Waals surface area contributed by atoms with Gasteiger partial charge in [-0.25, -0.2) is 19.9 Å². The Hall–Kier alpha value is -7.30. The van der Waals surface area contributed by atoms with E-state index in [1.54, 1.807) is 0 Å². The molecule has 0 radical (unpaired) electrons. The molecule has 0 bridgehead atoms. The molecular formula is C50H30N4. The molecule has 0 amide bonds. The lowest BCUT2D eigenvalue weighted by Crippen LogP contribution is -2.01. The van der Waals surface area contributed by atoms with E-state index in [-0.39, 0.29) is 0 Å².